The van der Waals surface area contributed by atoms with Gasteiger partial charge in [-0.25, -0.2) is 4.98 Å². The molecule has 5 heteroatoms. The van der Waals surface area contributed by atoms with Crippen LogP contribution in [0.25, 0.3) is 55.2 Å². The van der Waals surface area contributed by atoms with Crippen molar-refractivity contribution in [3.05, 3.63) is 139 Å². The predicted octanol–water partition coefficient (Wildman–Crippen LogP) is 14.3. The number of aryl methyl sites for hydroxylation is 2. The Morgan fingerprint density at radius 3 is 1.46 bits per heavy atom. The maximum absolute atomic E-state index is 12.1. The summed E-state index contributed by atoms with van der Waals surface area (Å²) in [4.78, 5) is 5.21. The Labute approximate surface area is 348 Å². The quantitative estimate of drug-likeness (QED) is 0.134. The van der Waals surface area contributed by atoms with Crippen molar-refractivity contribution >= 4 is 11.3 Å². The Bertz CT molecular complexity index is 2230. The summed E-state index contributed by atoms with van der Waals surface area (Å²) in [6.45, 7) is 24.0. The smallest absolute Gasteiger partial charge is 0.131 e. The minimum atomic E-state index is -0.206. The SMILES string of the molecule is Cc1cc(-c2cc(C(C)(C)C)cc(C(C)(C)C)c2)c(O)c(-c2ccccc2-c2nc(-c3ccccc3-c3cc(C)cc(C(C)(C)C)c3O)cs2)c1.[CH3-].[CH3-].[Hf]. The van der Waals surface area contributed by atoms with E-state index in [2.05, 4.69) is 148 Å². The zero-order chi connectivity index (χ0) is 37.0. The topological polar surface area (TPSA) is 53.4 Å². The van der Waals surface area contributed by atoms with Crippen molar-refractivity contribution < 1.29 is 36.1 Å². The van der Waals surface area contributed by atoms with Gasteiger partial charge in [-0.1, -0.05) is 135 Å². The molecule has 0 aliphatic heterocycles. The van der Waals surface area contributed by atoms with Crippen LogP contribution >= 0.6 is 11.3 Å². The second kappa shape index (κ2) is 16.5. The van der Waals surface area contributed by atoms with Crippen LogP contribution < -0.4 is 0 Å². The summed E-state index contributed by atoms with van der Waals surface area (Å²) < 4.78 is 0. The van der Waals surface area contributed by atoms with Crippen molar-refractivity contribution in [3.63, 3.8) is 0 Å². The molecule has 1 aromatic heterocycles. The maximum Gasteiger partial charge on any atom is 0.131 e. The van der Waals surface area contributed by atoms with Crippen LogP contribution in [0.3, 0.4) is 0 Å². The molecule has 0 aliphatic rings. The Balaban J connectivity index is 0.00000261. The van der Waals surface area contributed by atoms with Gasteiger partial charge in [-0.3, -0.25) is 0 Å². The fourth-order valence-corrected chi connectivity index (χ4v) is 7.64. The number of rotatable bonds is 5. The number of thiazole rings is 1. The number of hydrogen-bond donors (Lipinski definition) is 2. The molecule has 0 radical (unpaired) electrons. The van der Waals surface area contributed by atoms with Crippen LogP contribution in [0.1, 0.15) is 90.1 Å². The zero-order valence-corrected chi connectivity index (χ0v) is 38.9. The van der Waals surface area contributed by atoms with Crippen molar-refractivity contribution in [3.8, 4) is 66.7 Å². The van der Waals surface area contributed by atoms with Crippen molar-refractivity contribution in [1.29, 1.82) is 0 Å². The average Bonchev–Trinajstić information content (AvgIpc) is 3.55. The van der Waals surface area contributed by atoms with E-state index in [1.807, 2.05) is 24.3 Å². The summed E-state index contributed by atoms with van der Waals surface area (Å²) in [5.41, 5.74) is 13.4. The molecule has 0 saturated carbocycles. The fourth-order valence-electron chi connectivity index (χ4n) is 6.78. The summed E-state index contributed by atoms with van der Waals surface area (Å²) >= 11 is 1.59. The van der Waals surface area contributed by atoms with Crippen LogP contribution in [-0.2, 0) is 42.1 Å². The first-order valence-corrected chi connectivity index (χ1v) is 18.7. The molecule has 282 valence electrons. The van der Waals surface area contributed by atoms with Crippen molar-refractivity contribution in [2.45, 2.75) is 92.4 Å². The van der Waals surface area contributed by atoms with E-state index >= 15 is 0 Å². The van der Waals surface area contributed by atoms with Gasteiger partial charge in [0.05, 0.1) is 5.69 Å². The van der Waals surface area contributed by atoms with E-state index in [1.54, 1.807) is 11.3 Å². The molecule has 54 heavy (non-hydrogen) atoms. The largest absolute Gasteiger partial charge is 0.507 e. The molecule has 0 spiro atoms. The van der Waals surface area contributed by atoms with E-state index in [0.717, 1.165) is 71.9 Å². The Morgan fingerprint density at radius 2 is 0.944 bits per heavy atom. The minimum Gasteiger partial charge on any atom is -0.507 e. The Morgan fingerprint density at radius 1 is 0.500 bits per heavy atom. The summed E-state index contributed by atoms with van der Waals surface area (Å²) in [6.07, 6.45) is 0. The molecule has 5 aromatic carbocycles. The normalized spacial score (nSPS) is 11.7. The molecule has 6 aromatic rings. The molecule has 0 bridgehead atoms. The number of phenols is 2. The van der Waals surface area contributed by atoms with Crippen molar-refractivity contribution in [2.24, 2.45) is 0 Å². The fraction of sp³-hybridized carbons (Fsp3) is 0.286. The molecule has 3 nitrogen and oxygen atoms in total. The van der Waals surface area contributed by atoms with Crippen LogP contribution in [0.15, 0.2) is 96.4 Å². The first kappa shape index (κ1) is 44.6. The van der Waals surface area contributed by atoms with Gasteiger partial charge in [-0.15, -0.1) is 11.3 Å². The van der Waals surface area contributed by atoms with E-state index in [0.29, 0.717) is 5.75 Å². The molecule has 0 unspecified atom stereocenters. The van der Waals surface area contributed by atoms with Gasteiger partial charge in [-0.05, 0) is 87.2 Å². The number of nitrogens with zero attached hydrogens (tertiary/aromatic N) is 1. The summed E-state index contributed by atoms with van der Waals surface area (Å²) in [5.74, 6) is 0.584. The number of hydrogen-bond acceptors (Lipinski definition) is 4. The molecule has 0 amide bonds. The monoisotopic (exact) mass is 903 g/mol. The third-order valence-corrected chi connectivity index (χ3v) is 10.6. The maximum atomic E-state index is 12.1. The third kappa shape index (κ3) is 9.01. The van der Waals surface area contributed by atoms with Crippen LogP contribution in [0, 0.1) is 28.7 Å². The van der Waals surface area contributed by atoms with Crippen LogP contribution in [0.5, 0.6) is 11.5 Å². The predicted molar refractivity (Wildman–Crippen MR) is 231 cm³/mol. The molecule has 2 N–H and O–H groups in total. The number of phenolic OH excluding ortho intramolecular Hbond substituents is 2. The third-order valence-electron chi connectivity index (χ3n) is 9.74. The van der Waals surface area contributed by atoms with E-state index in [4.69, 9.17) is 4.98 Å². The Hall–Kier alpha value is -3.80. The van der Waals surface area contributed by atoms with E-state index in [9.17, 15) is 10.2 Å². The average molecular weight is 903 g/mol. The number of benzene rings is 5. The van der Waals surface area contributed by atoms with Gasteiger partial charge in [0.2, 0.25) is 0 Å². The standard InChI is InChI=1S/C47H51NO2S.2CH3.Hf/c1-28-20-37(30-24-31(45(3,4)5)26-32(25-30)46(6,7)8)42(49)38(21-28)34-17-13-15-19-36(34)44-48-41(27-51-44)35-18-14-12-16-33(35)39-22-29(2)23-40(43(39)50)47(9,10)11;;;/h12-27,49-50H,1-11H3;2*1H3;/q;2*-1;. The molecule has 1 heterocycles. The molecule has 0 fully saturated rings. The van der Waals surface area contributed by atoms with E-state index in [1.165, 1.54) is 11.1 Å². The number of aromatic nitrogens is 1. The van der Waals surface area contributed by atoms with Gasteiger partial charge < -0.3 is 25.1 Å². The van der Waals surface area contributed by atoms with Crippen LogP contribution in [0.2, 0.25) is 0 Å². The zero-order valence-electron chi connectivity index (χ0n) is 34.5. The molecule has 0 saturated heterocycles. The molecule has 6 rings (SSSR count). The first-order chi connectivity index (χ1) is 23.8. The van der Waals surface area contributed by atoms with Gasteiger partial charge in [0.15, 0.2) is 0 Å². The minimum absolute atomic E-state index is 0. The molecular weight excluding hydrogens is 845 g/mol. The van der Waals surface area contributed by atoms with Gasteiger partial charge in [-0.2, -0.15) is 0 Å². The first-order valence-electron chi connectivity index (χ1n) is 17.8. The second-order valence-corrected chi connectivity index (χ2v) is 18.0. The van der Waals surface area contributed by atoms with E-state index < -0.39 is 0 Å². The summed E-state index contributed by atoms with van der Waals surface area (Å²) in [6, 6.07) is 31.5. The van der Waals surface area contributed by atoms with Gasteiger partial charge in [0, 0.05) is 64.6 Å². The molecule has 0 atom stereocenters. The molecule has 0 aliphatic carbocycles. The van der Waals surface area contributed by atoms with E-state index in [-0.39, 0.29) is 62.7 Å². The summed E-state index contributed by atoms with van der Waals surface area (Å²) in [7, 11) is 0. The van der Waals surface area contributed by atoms with Gasteiger partial charge in [0.1, 0.15) is 16.5 Å². The molecular formula is C49H57HfNO2S-2. The van der Waals surface area contributed by atoms with Gasteiger partial charge >= 0.3 is 0 Å². The Kier molecular flexibility index (Phi) is 13.6. The summed E-state index contributed by atoms with van der Waals surface area (Å²) in [5, 5.41) is 26.6. The van der Waals surface area contributed by atoms with Crippen LogP contribution in [0.4, 0.5) is 0 Å². The number of aromatic hydroxyl groups is 2. The van der Waals surface area contributed by atoms with Crippen molar-refractivity contribution in [2.75, 3.05) is 0 Å². The second-order valence-electron chi connectivity index (χ2n) is 17.1. The van der Waals surface area contributed by atoms with Gasteiger partial charge in [0.25, 0.3) is 0 Å². The van der Waals surface area contributed by atoms with Crippen molar-refractivity contribution in [1.82, 2.24) is 4.98 Å². The van der Waals surface area contributed by atoms with Crippen LogP contribution in [-0.4, -0.2) is 15.2 Å².